The van der Waals surface area contributed by atoms with Gasteiger partial charge in [0.15, 0.2) is 0 Å². The van der Waals surface area contributed by atoms with E-state index in [1.807, 2.05) is 12.1 Å². The fraction of sp³-hybridized carbons (Fsp3) is 0.150. The molecular formula is C20H17N3O4. The number of carbonyl (C=O) groups excluding carboxylic acids is 1. The Morgan fingerprint density at radius 3 is 2.89 bits per heavy atom. The highest BCUT2D eigenvalue weighted by molar-refractivity contribution is 6.02. The first-order chi connectivity index (χ1) is 13.0. The molecule has 7 nitrogen and oxygen atoms in total. The summed E-state index contributed by atoms with van der Waals surface area (Å²) >= 11 is 0. The molecule has 0 saturated carbocycles. The van der Waals surface area contributed by atoms with Gasteiger partial charge in [0.1, 0.15) is 5.75 Å². The standard InChI is InChI=1S/C20H17N3O4/c24-15-6-4-12-2-1-3-19(17(12)10-15)22-20(25)8-13-11-21-18-7-5-14(23(26)27)9-16(13)18/h1-7,9-10,13,21,24H,8,11H2,(H,22,25). The van der Waals surface area contributed by atoms with E-state index in [2.05, 4.69) is 10.6 Å². The van der Waals surface area contributed by atoms with Crippen molar-refractivity contribution in [2.75, 3.05) is 17.2 Å². The number of benzene rings is 3. The van der Waals surface area contributed by atoms with Crippen LogP contribution in [0, 0.1) is 10.1 Å². The molecule has 0 radical (unpaired) electrons. The van der Waals surface area contributed by atoms with Gasteiger partial charge in [0, 0.05) is 47.8 Å². The molecule has 0 spiro atoms. The molecule has 3 aromatic rings. The van der Waals surface area contributed by atoms with Crippen molar-refractivity contribution < 1.29 is 14.8 Å². The number of aromatic hydroxyl groups is 1. The Kier molecular flexibility index (Phi) is 4.12. The number of amides is 1. The van der Waals surface area contributed by atoms with Crippen molar-refractivity contribution in [1.82, 2.24) is 0 Å². The van der Waals surface area contributed by atoms with E-state index in [9.17, 15) is 20.0 Å². The van der Waals surface area contributed by atoms with Crippen LogP contribution < -0.4 is 10.6 Å². The molecule has 27 heavy (non-hydrogen) atoms. The number of nitro benzene ring substituents is 1. The van der Waals surface area contributed by atoms with Gasteiger partial charge in [-0.1, -0.05) is 18.2 Å². The zero-order chi connectivity index (χ0) is 19.0. The van der Waals surface area contributed by atoms with Gasteiger partial charge in [-0.05, 0) is 35.2 Å². The maximum Gasteiger partial charge on any atom is 0.269 e. The van der Waals surface area contributed by atoms with Crippen LogP contribution in [0.1, 0.15) is 17.9 Å². The number of nitrogens with one attached hydrogen (secondary N) is 2. The summed E-state index contributed by atoms with van der Waals surface area (Å²) in [7, 11) is 0. The van der Waals surface area contributed by atoms with Crippen LogP contribution in [0.4, 0.5) is 17.1 Å². The van der Waals surface area contributed by atoms with Gasteiger partial charge in [-0.2, -0.15) is 0 Å². The minimum atomic E-state index is -0.432. The quantitative estimate of drug-likeness (QED) is 0.480. The topological polar surface area (TPSA) is 104 Å². The third-order valence-electron chi connectivity index (χ3n) is 4.80. The average molecular weight is 363 g/mol. The van der Waals surface area contributed by atoms with E-state index >= 15 is 0 Å². The van der Waals surface area contributed by atoms with E-state index in [4.69, 9.17) is 0 Å². The molecular weight excluding hydrogens is 346 g/mol. The lowest BCUT2D eigenvalue weighted by atomic mass is 9.97. The van der Waals surface area contributed by atoms with Crippen molar-refractivity contribution in [2.45, 2.75) is 12.3 Å². The number of hydrogen-bond acceptors (Lipinski definition) is 5. The number of nitro groups is 1. The highest BCUT2D eigenvalue weighted by Crippen LogP contribution is 2.36. The van der Waals surface area contributed by atoms with Crippen LogP contribution in [0.15, 0.2) is 54.6 Å². The van der Waals surface area contributed by atoms with E-state index in [1.54, 1.807) is 30.3 Å². The summed E-state index contributed by atoms with van der Waals surface area (Å²) in [6, 6.07) is 15.2. The van der Waals surface area contributed by atoms with Gasteiger partial charge in [-0.3, -0.25) is 14.9 Å². The predicted octanol–water partition coefficient (Wildman–Crippen LogP) is 3.99. The van der Waals surface area contributed by atoms with Crippen molar-refractivity contribution in [3.05, 3.63) is 70.3 Å². The summed E-state index contributed by atoms with van der Waals surface area (Å²) in [5.74, 6) is -0.189. The Balaban J connectivity index is 1.54. The van der Waals surface area contributed by atoms with Gasteiger partial charge >= 0.3 is 0 Å². The van der Waals surface area contributed by atoms with Crippen molar-refractivity contribution in [2.24, 2.45) is 0 Å². The van der Waals surface area contributed by atoms with Crippen molar-refractivity contribution in [1.29, 1.82) is 0 Å². The predicted molar refractivity (Wildman–Crippen MR) is 103 cm³/mol. The lowest BCUT2D eigenvalue weighted by Gasteiger charge is -2.12. The fourth-order valence-corrected chi connectivity index (χ4v) is 3.48. The zero-order valence-electron chi connectivity index (χ0n) is 14.3. The van der Waals surface area contributed by atoms with E-state index in [-0.39, 0.29) is 29.7 Å². The van der Waals surface area contributed by atoms with Crippen LogP contribution >= 0.6 is 0 Å². The second-order valence-corrected chi connectivity index (χ2v) is 6.57. The number of rotatable bonds is 4. The van der Waals surface area contributed by atoms with Gasteiger partial charge in [0.25, 0.3) is 5.69 Å². The second-order valence-electron chi connectivity index (χ2n) is 6.57. The Morgan fingerprint density at radius 2 is 2.07 bits per heavy atom. The number of non-ortho nitro benzene ring substituents is 1. The molecule has 1 aliphatic heterocycles. The van der Waals surface area contributed by atoms with E-state index in [0.29, 0.717) is 12.2 Å². The first kappa shape index (κ1) is 16.8. The Labute approximate surface area is 154 Å². The summed E-state index contributed by atoms with van der Waals surface area (Å²) in [5, 5.41) is 28.5. The molecule has 7 heteroatoms. The lowest BCUT2D eigenvalue weighted by Crippen LogP contribution is -2.17. The Bertz CT molecular complexity index is 1060. The molecule has 1 unspecified atom stereocenters. The minimum Gasteiger partial charge on any atom is -0.508 e. The average Bonchev–Trinajstić information content (AvgIpc) is 3.04. The molecule has 3 aromatic carbocycles. The summed E-state index contributed by atoms with van der Waals surface area (Å²) in [4.78, 5) is 23.2. The molecule has 0 bridgehead atoms. The number of hydrogen-bond donors (Lipinski definition) is 3. The van der Waals surface area contributed by atoms with Gasteiger partial charge < -0.3 is 15.7 Å². The molecule has 1 amide bonds. The summed E-state index contributed by atoms with van der Waals surface area (Å²) in [6.45, 7) is 0.556. The molecule has 4 rings (SSSR count). The summed E-state index contributed by atoms with van der Waals surface area (Å²) < 4.78 is 0. The first-order valence-corrected chi connectivity index (χ1v) is 8.55. The summed E-state index contributed by atoms with van der Waals surface area (Å²) in [5.41, 5.74) is 2.26. The number of fused-ring (bicyclic) bond motifs is 2. The van der Waals surface area contributed by atoms with Gasteiger partial charge in [0.05, 0.1) is 4.92 Å². The SMILES string of the molecule is O=C(CC1CNc2ccc([N+](=O)[O-])cc21)Nc1cccc2ccc(O)cc12. The van der Waals surface area contributed by atoms with Gasteiger partial charge in [0.2, 0.25) is 5.91 Å². The Morgan fingerprint density at radius 1 is 1.22 bits per heavy atom. The third-order valence-corrected chi connectivity index (χ3v) is 4.80. The number of phenolic OH excluding ortho intramolecular Hbond substituents is 1. The minimum absolute atomic E-state index is 0.0207. The third kappa shape index (κ3) is 3.27. The maximum atomic E-state index is 12.6. The van der Waals surface area contributed by atoms with Crippen LogP contribution in [0.5, 0.6) is 5.75 Å². The maximum absolute atomic E-state index is 12.6. The molecule has 3 N–H and O–H groups in total. The highest BCUT2D eigenvalue weighted by Gasteiger charge is 2.26. The van der Waals surface area contributed by atoms with E-state index in [0.717, 1.165) is 22.0 Å². The molecule has 0 saturated heterocycles. The molecule has 1 aliphatic rings. The first-order valence-electron chi connectivity index (χ1n) is 8.55. The molecule has 1 atom stereocenters. The number of anilines is 2. The molecule has 0 aliphatic carbocycles. The number of phenols is 1. The van der Waals surface area contributed by atoms with E-state index in [1.165, 1.54) is 12.1 Å². The smallest absolute Gasteiger partial charge is 0.269 e. The molecule has 0 fully saturated rings. The Hall–Kier alpha value is -3.61. The van der Waals surface area contributed by atoms with Gasteiger partial charge in [-0.15, -0.1) is 0 Å². The molecule has 1 heterocycles. The van der Waals surface area contributed by atoms with Crippen molar-refractivity contribution in [3.8, 4) is 5.75 Å². The number of carbonyl (C=O) groups is 1. The van der Waals surface area contributed by atoms with Crippen molar-refractivity contribution in [3.63, 3.8) is 0 Å². The van der Waals surface area contributed by atoms with Gasteiger partial charge in [-0.25, -0.2) is 0 Å². The van der Waals surface area contributed by atoms with E-state index < -0.39 is 4.92 Å². The van der Waals surface area contributed by atoms with Crippen LogP contribution in [0.2, 0.25) is 0 Å². The summed E-state index contributed by atoms with van der Waals surface area (Å²) in [6.07, 6.45) is 0.205. The monoisotopic (exact) mass is 363 g/mol. The van der Waals surface area contributed by atoms with Crippen LogP contribution in [-0.4, -0.2) is 22.5 Å². The van der Waals surface area contributed by atoms with Crippen LogP contribution in [0.25, 0.3) is 10.8 Å². The lowest BCUT2D eigenvalue weighted by molar-refractivity contribution is -0.384. The second kappa shape index (κ2) is 6.60. The zero-order valence-corrected chi connectivity index (χ0v) is 14.3. The normalized spacial score (nSPS) is 15.2. The van der Waals surface area contributed by atoms with Crippen LogP contribution in [-0.2, 0) is 4.79 Å². The molecule has 0 aromatic heterocycles. The number of nitrogens with zero attached hydrogens (tertiary/aromatic N) is 1. The fourth-order valence-electron chi connectivity index (χ4n) is 3.48. The van der Waals surface area contributed by atoms with Crippen molar-refractivity contribution >= 4 is 33.7 Å². The van der Waals surface area contributed by atoms with Crippen LogP contribution in [0.3, 0.4) is 0 Å². The molecule has 136 valence electrons. The highest BCUT2D eigenvalue weighted by atomic mass is 16.6. The largest absolute Gasteiger partial charge is 0.508 e.